The second-order valence-corrected chi connectivity index (χ2v) is 3.76. The van der Waals surface area contributed by atoms with Crippen LogP contribution in [0.5, 0.6) is 0 Å². The minimum atomic E-state index is -4.81. The normalized spacial score (nSPS) is 11.6. The predicted octanol–water partition coefficient (Wildman–Crippen LogP) is 3.63. The number of rotatable bonds is 1. The number of hydrogen-bond acceptors (Lipinski definition) is 2. The summed E-state index contributed by atoms with van der Waals surface area (Å²) in [4.78, 5) is 3.41. The van der Waals surface area contributed by atoms with Gasteiger partial charge >= 0.3 is 6.18 Å². The highest BCUT2D eigenvalue weighted by Gasteiger charge is 2.36. The first-order valence-electron chi connectivity index (χ1n) is 5.08. The van der Waals surface area contributed by atoms with E-state index < -0.39 is 34.6 Å². The van der Waals surface area contributed by atoms with Gasteiger partial charge in [-0.2, -0.15) is 13.2 Å². The van der Waals surface area contributed by atoms with E-state index in [4.69, 9.17) is 5.73 Å². The zero-order chi connectivity index (χ0) is 14.2. The molecule has 0 radical (unpaired) electrons. The minimum absolute atomic E-state index is 0.243. The van der Waals surface area contributed by atoms with Gasteiger partial charge in [0, 0.05) is 0 Å². The van der Waals surface area contributed by atoms with Crippen molar-refractivity contribution < 1.29 is 22.0 Å². The fraction of sp³-hybridized carbons (Fsp3) is 0.0833. The molecule has 1 heterocycles. The maximum absolute atomic E-state index is 13.5. The van der Waals surface area contributed by atoms with Crippen LogP contribution in [0.4, 0.5) is 27.6 Å². The first kappa shape index (κ1) is 13.3. The molecule has 7 heteroatoms. The molecule has 2 rings (SSSR count). The topological polar surface area (TPSA) is 38.9 Å². The third-order valence-corrected chi connectivity index (χ3v) is 2.41. The van der Waals surface area contributed by atoms with Gasteiger partial charge in [-0.1, -0.05) is 6.07 Å². The zero-order valence-corrected chi connectivity index (χ0v) is 9.30. The van der Waals surface area contributed by atoms with E-state index in [1.807, 2.05) is 0 Å². The lowest BCUT2D eigenvalue weighted by Gasteiger charge is -2.13. The largest absolute Gasteiger partial charge is 0.418 e. The van der Waals surface area contributed by atoms with Crippen LogP contribution in [0.25, 0.3) is 11.3 Å². The van der Waals surface area contributed by atoms with E-state index in [-0.39, 0.29) is 5.69 Å². The van der Waals surface area contributed by atoms with E-state index in [1.165, 1.54) is 0 Å². The van der Waals surface area contributed by atoms with Crippen LogP contribution in [0.15, 0.2) is 30.5 Å². The molecule has 0 atom stereocenters. The van der Waals surface area contributed by atoms with Crippen molar-refractivity contribution in [3.63, 3.8) is 0 Å². The summed E-state index contributed by atoms with van der Waals surface area (Å²) in [6, 6.07) is 3.36. The lowest BCUT2D eigenvalue weighted by Crippen LogP contribution is -2.10. The van der Waals surface area contributed by atoms with Gasteiger partial charge in [0.1, 0.15) is 11.6 Å². The second-order valence-electron chi connectivity index (χ2n) is 3.76. The van der Waals surface area contributed by atoms with E-state index in [1.54, 1.807) is 0 Å². The molecule has 1 aromatic heterocycles. The van der Waals surface area contributed by atoms with Gasteiger partial charge in [-0.25, -0.2) is 8.78 Å². The van der Waals surface area contributed by atoms with Gasteiger partial charge in [0.25, 0.3) is 0 Å². The Morgan fingerprint density at radius 2 is 1.63 bits per heavy atom. The van der Waals surface area contributed by atoms with E-state index >= 15 is 0 Å². The van der Waals surface area contributed by atoms with Gasteiger partial charge in [-0.05, 0) is 18.2 Å². The lowest BCUT2D eigenvalue weighted by molar-refractivity contribution is -0.137. The van der Waals surface area contributed by atoms with Crippen LogP contribution in [-0.4, -0.2) is 4.98 Å². The van der Waals surface area contributed by atoms with Crippen LogP contribution < -0.4 is 5.73 Å². The number of aromatic nitrogens is 1. The van der Waals surface area contributed by atoms with Crippen molar-refractivity contribution in [3.8, 4) is 11.3 Å². The Kier molecular flexibility index (Phi) is 3.13. The monoisotopic (exact) mass is 274 g/mol. The molecule has 0 unspecified atom stereocenters. The molecular weight excluding hydrogens is 267 g/mol. The summed E-state index contributed by atoms with van der Waals surface area (Å²) >= 11 is 0. The molecule has 1 aromatic carbocycles. The molecule has 0 bridgehead atoms. The zero-order valence-electron chi connectivity index (χ0n) is 9.30. The highest BCUT2D eigenvalue weighted by molar-refractivity contribution is 5.67. The summed E-state index contributed by atoms with van der Waals surface area (Å²) in [6.07, 6.45) is -3.90. The van der Waals surface area contributed by atoms with Crippen LogP contribution in [-0.2, 0) is 6.18 Å². The van der Waals surface area contributed by atoms with Gasteiger partial charge in [-0.15, -0.1) is 0 Å². The molecule has 0 aliphatic heterocycles. The highest BCUT2D eigenvalue weighted by atomic mass is 19.4. The summed E-state index contributed by atoms with van der Waals surface area (Å²) in [5.41, 5.74) is 2.06. The average Bonchev–Trinajstić information content (AvgIpc) is 2.29. The number of halogens is 5. The Balaban J connectivity index is 2.76. The molecule has 2 nitrogen and oxygen atoms in total. The van der Waals surface area contributed by atoms with Crippen LogP contribution in [0.1, 0.15) is 5.56 Å². The van der Waals surface area contributed by atoms with E-state index in [0.29, 0.717) is 6.07 Å². The van der Waals surface area contributed by atoms with Crippen LogP contribution in [0.2, 0.25) is 0 Å². The maximum Gasteiger partial charge on any atom is 0.418 e. The molecule has 0 aliphatic rings. The number of nitrogens with zero attached hydrogens (tertiary/aromatic N) is 1. The molecule has 0 spiro atoms. The third kappa shape index (κ3) is 2.49. The Hall–Kier alpha value is -2.18. The quantitative estimate of drug-likeness (QED) is 0.806. The highest BCUT2D eigenvalue weighted by Crippen LogP contribution is 2.38. The summed E-state index contributed by atoms with van der Waals surface area (Å²) in [6.45, 7) is 0. The standard InChI is InChI=1S/C12H7F5N2/c13-8-2-1-3-9(14)10(8)11-7(12(15,16)17)4-6(18)5-19-11/h1-5H,18H2. The number of alkyl halides is 3. The number of hydrogen-bond donors (Lipinski definition) is 1. The summed E-state index contributed by atoms with van der Waals surface area (Å²) < 4.78 is 65.6. The molecule has 0 fully saturated rings. The summed E-state index contributed by atoms with van der Waals surface area (Å²) in [5, 5.41) is 0. The van der Waals surface area contributed by atoms with Crippen LogP contribution >= 0.6 is 0 Å². The predicted molar refractivity (Wildman–Crippen MR) is 59.0 cm³/mol. The maximum atomic E-state index is 13.5. The van der Waals surface area contributed by atoms with E-state index in [2.05, 4.69) is 4.98 Å². The van der Waals surface area contributed by atoms with Gasteiger partial charge < -0.3 is 5.73 Å². The van der Waals surface area contributed by atoms with Gasteiger partial charge in [0.2, 0.25) is 0 Å². The van der Waals surface area contributed by atoms with Crippen molar-refractivity contribution in [3.05, 3.63) is 47.7 Å². The van der Waals surface area contributed by atoms with Gasteiger partial charge in [0.05, 0.1) is 28.7 Å². The molecule has 0 saturated heterocycles. The summed E-state index contributed by atoms with van der Waals surface area (Å²) in [7, 11) is 0. The fourth-order valence-corrected chi connectivity index (χ4v) is 1.62. The van der Waals surface area contributed by atoms with E-state index in [9.17, 15) is 22.0 Å². The van der Waals surface area contributed by atoms with E-state index in [0.717, 1.165) is 24.4 Å². The van der Waals surface area contributed by atoms with Crippen molar-refractivity contribution in [2.24, 2.45) is 0 Å². The SMILES string of the molecule is Nc1cnc(-c2c(F)cccc2F)c(C(F)(F)F)c1. The molecule has 2 aromatic rings. The average molecular weight is 274 g/mol. The Morgan fingerprint density at radius 3 is 2.16 bits per heavy atom. The molecule has 100 valence electrons. The number of benzene rings is 1. The first-order chi connectivity index (χ1) is 8.80. The Morgan fingerprint density at radius 1 is 1.05 bits per heavy atom. The number of anilines is 1. The summed E-state index contributed by atoms with van der Waals surface area (Å²) in [5.74, 6) is -2.24. The minimum Gasteiger partial charge on any atom is -0.397 e. The smallest absolute Gasteiger partial charge is 0.397 e. The molecule has 0 amide bonds. The first-order valence-corrected chi connectivity index (χ1v) is 5.08. The van der Waals surface area contributed by atoms with Crippen molar-refractivity contribution in [2.75, 3.05) is 5.73 Å². The molecule has 19 heavy (non-hydrogen) atoms. The van der Waals surface area contributed by atoms with Gasteiger partial charge in [-0.3, -0.25) is 4.98 Å². The number of nitrogen functional groups attached to an aromatic ring is 1. The Bertz CT molecular complexity index is 602. The van der Waals surface area contributed by atoms with Crippen molar-refractivity contribution in [1.29, 1.82) is 0 Å². The molecule has 0 saturated carbocycles. The van der Waals surface area contributed by atoms with Crippen molar-refractivity contribution in [1.82, 2.24) is 4.98 Å². The fourth-order valence-electron chi connectivity index (χ4n) is 1.62. The lowest BCUT2D eigenvalue weighted by atomic mass is 10.0. The molecule has 2 N–H and O–H groups in total. The Labute approximate surface area is 104 Å². The second kappa shape index (κ2) is 4.49. The third-order valence-electron chi connectivity index (χ3n) is 2.41. The van der Waals surface area contributed by atoms with Gasteiger partial charge in [0.15, 0.2) is 0 Å². The van der Waals surface area contributed by atoms with Crippen molar-refractivity contribution >= 4 is 5.69 Å². The molecular formula is C12H7F5N2. The molecule has 0 aliphatic carbocycles. The van der Waals surface area contributed by atoms with Crippen molar-refractivity contribution in [2.45, 2.75) is 6.18 Å². The number of pyridine rings is 1. The number of nitrogens with two attached hydrogens (primary N) is 1. The van der Waals surface area contributed by atoms with Crippen LogP contribution in [0.3, 0.4) is 0 Å². The van der Waals surface area contributed by atoms with Crippen LogP contribution in [0, 0.1) is 11.6 Å².